The van der Waals surface area contributed by atoms with Crippen molar-refractivity contribution in [2.24, 2.45) is 22.4 Å². The standard InChI is InChI=1S/C32H45N11O6S3/c1-18-8-9-20-31(2,3)32(20,14-18)48-17-49-37-21(24-35-29(33)52-38-24)25(44)34-22-26(45)43-23(28(46)47)19(15-50-27(22)43)16-51-30-36-39-40-42(30)13-7-12-41-10-5-4-6-11-41/h18,20,22,27H,4-17H2,1-3H3,(H,34,44)(H,46,47)(H2,33,35,38)/t18?,20?,22?,27-,32?/m1/s1. The van der Waals surface area contributed by atoms with Crippen LogP contribution < -0.4 is 11.1 Å². The lowest BCUT2D eigenvalue weighted by Crippen LogP contribution is -2.71. The number of nitrogen functional groups attached to an aromatic ring is 1. The summed E-state index contributed by atoms with van der Waals surface area (Å²) in [6.45, 7) is 10.3. The van der Waals surface area contributed by atoms with Crippen LogP contribution in [0.1, 0.15) is 71.5 Å². The Morgan fingerprint density at radius 3 is 2.75 bits per heavy atom. The molecule has 0 aromatic carbocycles. The minimum atomic E-state index is -1.22. The number of aliphatic carboxylic acids is 1. The minimum absolute atomic E-state index is 0.0228. The molecule has 5 aliphatic rings. The summed E-state index contributed by atoms with van der Waals surface area (Å²) in [5, 5.41) is 29.2. The Bertz CT molecular complexity index is 1740. The third-order valence-electron chi connectivity index (χ3n) is 11.1. The van der Waals surface area contributed by atoms with Crippen molar-refractivity contribution in [3.05, 3.63) is 17.1 Å². The van der Waals surface area contributed by atoms with E-state index in [0.717, 1.165) is 50.4 Å². The van der Waals surface area contributed by atoms with Gasteiger partial charge in [0.1, 0.15) is 17.1 Å². The maximum Gasteiger partial charge on any atom is 0.352 e. The monoisotopic (exact) mass is 775 g/mol. The normalized spacial score (nSPS) is 28.6. The van der Waals surface area contributed by atoms with Crippen LogP contribution in [-0.2, 0) is 30.5 Å². The molecule has 4 N–H and O–H groups in total. The summed E-state index contributed by atoms with van der Waals surface area (Å²) in [5.41, 5.74) is 5.76. The zero-order valence-electron chi connectivity index (χ0n) is 29.5. The maximum atomic E-state index is 13.6. The lowest BCUT2D eigenvalue weighted by Gasteiger charge is -2.49. The van der Waals surface area contributed by atoms with Gasteiger partial charge in [-0.05, 0) is 85.0 Å². The molecule has 17 nitrogen and oxygen atoms in total. The van der Waals surface area contributed by atoms with E-state index in [0.29, 0.717) is 40.6 Å². The molecule has 2 aromatic heterocycles. The molecule has 0 spiro atoms. The van der Waals surface area contributed by atoms with Crippen LogP contribution in [0.2, 0.25) is 0 Å². The fraction of sp³-hybridized carbons (Fsp3) is 0.719. The quantitative estimate of drug-likeness (QED) is 0.0592. The molecule has 4 unspecified atom stereocenters. The number of aryl methyl sites for hydroxylation is 1. The third kappa shape index (κ3) is 7.15. The number of tetrazole rings is 1. The Kier molecular flexibility index (Phi) is 10.8. The van der Waals surface area contributed by atoms with E-state index in [1.165, 1.54) is 54.1 Å². The second-order valence-corrected chi connectivity index (χ2v) is 17.5. The van der Waals surface area contributed by atoms with Crippen LogP contribution in [0.5, 0.6) is 0 Å². The molecule has 0 radical (unpaired) electrons. The largest absolute Gasteiger partial charge is 0.477 e. The number of piperidine rings is 1. The highest BCUT2D eigenvalue weighted by atomic mass is 32.2. The van der Waals surface area contributed by atoms with Crippen molar-refractivity contribution in [1.29, 1.82) is 0 Å². The number of anilines is 1. The smallest absolute Gasteiger partial charge is 0.352 e. The fourth-order valence-corrected chi connectivity index (χ4v) is 11.1. The van der Waals surface area contributed by atoms with Crippen molar-refractivity contribution in [2.75, 3.05) is 43.7 Å². The average molecular weight is 776 g/mol. The van der Waals surface area contributed by atoms with Crippen LogP contribution in [-0.4, -0.2) is 123 Å². The van der Waals surface area contributed by atoms with Gasteiger partial charge >= 0.3 is 5.97 Å². The first kappa shape index (κ1) is 37.0. The highest BCUT2D eigenvalue weighted by Crippen LogP contribution is 2.70. The van der Waals surface area contributed by atoms with Gasteiger partial charge in [-0.3, -0.25) is 14.5 Å². The van der Waals surface area contributed by atoms with Gasteiger partial charge in [0, 0.05) is 29.6 Å². The summed E-state index contributed by atoms with van der Waals surface area (Å²) in [6.07, 6.45) is 7.86. The summed E-state index contributed by atoms with van der Waals surface area (Å²) in [7, 11) is 0. The van der Waals surface area contributed by atoms with Gasteiger partial charge in [-0.1, -0.05) is 50.5 Å². The number of carbonyl (C=O) groups is 3. The molecule has 282 valence electrons. The number of nitrogens with zero attached hydrogens (tertiary/aromatic N) is 9. The Morgan fingerprint density at radius 1 is 1.19 bits per heavy atom. The van der Waals surface area contributed by atoms with E-state index in [4.69, 9.17) is 15.3 Å². The number of ether oxygens (including phenoxy) is 1. The lowest BCUT2D eigenvalue weighted by atomic mass is 9.88. The van der Waals surface area contributed by atoms with Gasteiger partial charge in [-0.25, -0.2) is 9.48 Å². The number of rotatable bonds is 15. The molecular weight excluding hydrogens is 731 g/mol. The van der Waals surface area contributed by atoms with Crippen molar-refractivity contribution in [3.63, 3.8) is 0 Å². The van der Waals surface area contributed by atoms with Gasteiger partial charge in [0.15, 0.2) is 5.13 Å². The molecular formula is C32H45N11O6S3. The second kappa shape index (κ2) is 15.2. The molecule has 3 aliphatic heterocycles. The van der Waals surface area contributed by atoms with Gasteiger partial charge in [0.25, 0.3) is 11.8 Å². The van der Waals surface area contributed by atoms with Crippen molar-refractivity contribution < 1.29 is 29.1 Å². The van der Waals surface area contributed by atoms with Gasteiger partial charge in [0.2, 0.25) is 23.5 Å². The van der Waals surface area contributed by atoms with E-state index < -0.39 is 29.2 Å². The van der Waals surface area contributed by atoms with E-state index >= 15 is 0 Å². The SMILES string of the molecule is CC1CCC2C(C)(C)C2(OCON=C(C(=O)NC2C(=O)N3C(C(=O)O)=C(CSc4nnnn4CCCN4CCCCC4)CS[C@H]23)c2nsc(N)n2)C1. The number of fused-ring (bicyclic) bond motifs is 2. The first-order valence-electron chi connectivity index (χ1n) is 17.8. The number of thioether (sulfide) groups is 2. The highest BCUT2D eigenvalue weighted by molar-refractivity contribution is 8.01. The molecule has 5 heterocycles. The number of aromatic nitrogens is 6. The number of carboxylic acid groups (broad SMARTS) is 1. The Balaban J connectivity index is 0.971. The van der Waals surface area contributed by atoms with Crippen LogP contribution in [0.3, 0.4) is 0 Å². The molecule has 20 heteroatoms. The molecule has 4 fully saturated rings. The summed E-state index contributed by atoms with van der Waals surface area (Å²) >= 11 is 3.60. The predicted octanol–water partition coefficient (Wildman–Crippen LogP) is 2.42. The lowest BCUT2D eigenvalue weighted by molar-refractivity contribution is -0.150. The number of β-lactam (4-membered cyclic amide) rings is 1. The number of amides is 2. The number of hydrogen-bond donors (Lipinski definition) is 3. The van der Waals surface area contributed by atoms with Gasteiger partial charge < -0.3 is 30.6 Å². The number of carbonyl (C=O) groups excluding carboxylic acids is 2. The van der Waals surface area contributed by atoms with Crippen molar-refractivity contribution in [2.45, 2.75) is 94.4 Å². The third-order valence-corrected chi connectivity index (χ3v) is 14.1. The van der Waals surface area contributed by atoms with Gasteiger partial charge in [0.05, 0.1) is 5.60 Å². The van der Waals surface area contributed by atoms with Crippen LogP contribution in [0.25, 0.3) is 0 Å². The van der Waals surface area contributed by atoms with E-state index in [1.807, 2.05) is 0 Å². The summed E-state index contributed by atoms with van der Waals surface area (Å²) in [5.74, 6) is -0.951. The first-order chi connectivity index (χ1) is 25.0. The Morgan fingerprint density at radius 2 is 2.00 bits per heavy atom. The number of carboxylic acids is 1. The Hall–Kier alpha value is -3.33. The molecule has 2 saturated heterocycles. The maximum absolute atomic E-state index is 13.6. The topological polar surface area (TPSA) is 216 Å². The molecule has 2 aliphatic carbocycles. The van der Waals surface area contributed by atoms with Gasteiger partial charge in [-0.2, -0.15) is 9.36 Å². The average Bonchev–Trinajstić information content (AvgIpc) is 3.52. The van der Waals surface area contributed by atoms with E-state index in [2.05, 4.69) is 61.0 Å². The molecule has 5 atom stereocenters. The number of likely N-dealkylation sites (tertiary alicyclic amines) is 1. The van der Waals surface area contributed by atoms with E-state index in [1.54, 1.807) is 4.68 Å². The van der Waals surface area contributed by atoms with Crippen molar-refractivity contribution in [3.8, 4) is 0 Å². The Labute approximate surface area is 314 Å². The van der Waals surface area contributed by atoms with Crippen molar-refractivity contribution >= 4 is 63.7 Å². The van der Waals surface area contributed by atoms with Crippen LogP contribution in [0, 0.1) is 17.3 Å². The van der Waals surface area contributed by atoms with Crippen molar-refractivity contribution in [1.82, 2.24) is 44.7 Å². The molecule has 2 aromatic rings. The fourth-order valence-electron chi connectivity index (χ4n) is 8.30. The molecule has 7 rings (SSSR count). The molecule has 2 amide bonds. The van der Waals surface area contributed by atoms with E-state index in [9.17, 15) is 19.5 Å². The molecule has 0 bridgehead atoms. The first-order valence-corrected chi connectivity index (χ1v) is 20.6. The second-order valence-electron chi connectivity index (χ2n) is 14.7. The minimum Gasteiger partial charge on any atom is -0.477 e. The number of hydrogen-bond acceptors (Lipinski definition) is 16. The van der Waals surface area contributed by atoms with Gasteiger partial charge in [-0.15, -0.1) is 16.9 Å². The predicted molar refractivity (Wildman–Crippen MR) is 194 cm³/mol. The van der Waals surface area contributed by atoms with Crippen LogP contribution in [0.4, 0.5) is 5.13 Å². The van der Waals surface area contributed by atoms with Crippen LogP contribution in [0.15, 0.2) is 21.6 Å². The summed E-state index contributed by atoms with van der Waals surface area (Å²) < 4.78 is 12.1. The number of nitrogens with two attached hydrogens (primary N) is 1. The zero-order chi connectivity index (χ0) is 36.6. The molecule has 52 heavy (non-hydrogen) atoms. The van der Waals surface area contributed by atoms with Crippen LogP contribution >= 0.6 is 35.1 Å². The molecule has 2 saturated carbocycles. The highest BCUT2D eigenvalue weighted by Gasteiger charge is 2.73. The zero-order valence-corrected chi connectivity index (χ0v) is 32.0. The number of oxime groups is 1. The number of nitrogens with one attached hydrogen (secondary N) is 1. The van der Waals surface area contributed by atoms with E-state index in [-0.39, 0.29) is 40.2 Å². The summed E-state index contributed by atoms with van der Waals surface area (Å²) in [4.78, 5) is 52.9. The summed E-state index contributed by atoms with van der Waals surface area (Å²) in [6, 6.07) is -0.999.